The third-order valence-electron chi connectivity index (χ3n) is 12.4. The van der Waals surface area contributed by atoms with E-state index in [0.717, 1.165) is 75.5 Å². The molecule has 0 aromatic carbocycles. The Hall–Kier alpha value is -1.59. The van der Waals surface area contributed by atoms with Crippen LogP contribution in [0.4, 0.5) is 0 Å². The number of ether oxygens (including phenoxy) is 3. The van der Waals surface area contributed by atoms with Crippen LogP contribution in [0.2, 0.25) is 0 Å². The van der Waals surface area contributed by atoms with E-state index in [4.69, 9.17) is 14.2 Å². The van der Waals surface area contributed by atoms with Gasteiger partial charge >= 0.3 is 17.9 Å². The molecule has 0 fully saturated rings. The SMILES string of the molecule is CCC(C)CCCCCCCCCCC(=O)OC[C@@H](COC(=O)CCCCCCCCCCCCCCCC(C)C)OC(=O)CCCCCCCCCCC(C)CC. The van der Waals surface area contributed by atoms with Crippen LogP contribution in [0.3, 0.4) is 0 Å². The topological polar surface area (TPSA) is 78.9 Å². The normalized spacial score (nSPS) is 13.1. The first kappa shape index (κ1) is 56.4. The molecule has 0 radical (unpaired) electrons. The molecule has 0 N–H and O–H groups in total. The molecule has 0 amide bonds. The lowest BCUT2D eigenvalue weighted by Gasteiger charge is -2.18. The zero-order chi connectivity index (χ0) is 42.7. The molecule has 3 atom stereocenters. The summed E-state index contributed by atoms with van der Waals surface area (Å²) in [4.78, 5) is 37.9. The Labute approximate surface area is 361 Å². The summed E-state index contributed by atoms with van der Waals surface area (Å²) in [6.07, 6.45) is 42.2. The summed E-state index contributed by atoms with van der Waals surface area (Å²) in [5, 5.41) is 0. The van der Waals surface area contributed by atoms with Gasteiger partial charge in [-0.25, -0.2) is 0 Å². The number of hydrogen-bond donors (Lipinski definition) is 0. The molecule has 0 saturated heterocycles. The number of carbonyl (C=O) groups excluding carboxylic acids is 3. The van der Waals surface area contributed by atoms with Crippen molar-refractivity contribution in [1.82, 2.24) is 0 Å². The fourth-order valence-electron chi connectivity index (χ4n) is 7.70. The van der Waals surface area contributed by atoms with Gasteiger partial charge in [-0.15, -0.1) is 0 Å². The maximum absolute atomic E-state index is 12.8. The lowest BCUT2D eigenvalue weighted by Crippen LogP contribution is -2.30. The van der Waals surface area contributed by atoms with Crippen molar-refractivity contribution in [1.29, 1.82) is 0 Å². The van der Waals surface area contributed by atoms with Crippen LogP contribution in [-0.4, -0.2) is 37.2 Å². The predicted octanol–water partition coefficient (Wildman–Crippen LogP) is 16.4. The minimum atomic E-state index is -0.763. The second-order valence-corrected chi connectivity index (χ2v) is 18.8. The van der Waals surface area contributed by atoms with Gasteiger partial charge in [0.1, 0.15) is 13.2 Å². The Bertz CT molecular complexity index is 902. The highest BCUT2D eigenvalue weighted by Gasteiger charge is 2.19. The maximum Gasteiger partial charge on any atom is 0.306 e. The molecule has 0 aliphatic rings. The van der Waals surface area contributed by atoms with Crippen molar-refractivity contribution in [2.45, 2.75) is 285 Å². The highest BCUT2D eigenvalue weighted by Crippen LogP contribution is 2.18. The average Bonchev–Trinajstić information content (AvgIpc) is 3.21. The Balaban J connectivity index is 4.32. The minimum absolute atomic E-state index is 0.0653. The average molecular weight is 821 g/mol. The monoisotopic (exact) mass is 821 g/mol. The van der Waals surface area contributed by atoms with Crippen LogP contribution in [-0.2, 0) is 28.6 Å². The number of carbonyl (C=O) groups is 3. The van der Waals surface area contributed by atoms with Crippen LogP contribution in [0, 0.1) is 17.8 Å². The van der Waals surface area contributed by atoms with Crippen LogP contribution in [0.1, 0.15) is 279 Å². The quantitative estimate of drug-likeness (QED) is 0.0346. The zero-order valence-corrected chi connectivity index (χ0v) is 39.8. The highest BCUT2D eigenvalue weighted by molar-refractivity contribution is 5.71. The largest absolute Gasteiger partial charge is 0.462 e. The standard InChI is InChI=1S/C52H100O6/c1-7-47(5)39-33-27-21-16-18-24-30-36-42-51(54)57-45-49(58-52(55)43-37-31-25-19-17-22-28-34-40-48(6)8-2)44-56-50(53)41-35-29-23-15-13-11-9-10-12-14-20-26-32-38-46(3)4/h46-49H,7-45H2,1-6H3/t47?,48?,49-/m1/s1. The zero-order valence-electron chi connectivity index (χ0n) is 39.8. The number of rotatable bonds is 45. The van der Waals surface area contributed by atoms with Gasteiger partial charge in [0.15, 0.2) is 6.10 Å². The Morgan fingerprint density at radius 2 is 0.603 bits per heavy atom. The summed E-state index contributed by atoms with van der Waals surface area (Å²) in [5.41, 5.74) is 0. The van der Waals surface area contributed by atoms with Crippen molar-refractivity contribution >= 4 is 17.9 Å². The summed E-state index contributed by atoms with van der Waals surface area (Å²) in [6, 6.07) is 0. The molecule has 0 heterocycles. The fourth-order valence-corrected chi connectivity index (χ4v) is 7.70. The Morgan fingerprint density at radius 1 is 0.345 bits per heavy atom. The second-order valence-electron chi connectivity index (χ2n) is 18.8. The lowest BCUT2D eigenvalue weighted by atomic mass is 9.99. The van der Waals surface area contributed by atoms with Gasteiger partial charge in [0.2, 0.25) is 0 Å². The van der Waals surface area contributed by atoms with Crippen molar-refractivity contribution in [2.24, 2.45) is 17.8 Å². The lowest BCUT2D eigenvalue weighted by molar-refractivity contribution is -0.167. The van der Waals surface area contributed by atoms with Crippen molar-refractivity contribution < 1.29 is 28.6 Å². The number of esters is 3. The van der Waals surface area contributed by atoms with Crippen LogP contribution in [0.25, 0.3) is 0 Å². The van der Waals surface area contributed by atoms with Crippen molar-refractivity contribution in [2.75, 3.05) is 13.2 Å². The van der Waals surface area contributed by atoms with Crippen LogP contribution in [0.15, 0.2) is 0 Å². The molecule has 0 aromatic rings. The molecule has 0 rings (SSSR count). The van der Waals surface area contributed by atoms with E-state index in [0.29, 0.717) is 19.3 Å². The van der Waals surface area contributed by atoms with E-state index in [-0.39, 0.29) is 31.1 Å². The molecule has 0 aliphatic heterocycles. The van der Waals surface area contributed by atoms with Crippen LogP contribution in [0.5, 0.6) is 0 Å². The molecule has 344 valence electrons. The van der Waals surface area contributed by atoms with E-state index in [1.807, 2.05) is 0 Å². The van der Waals surface area contributed by atoms with E-state index >= 15 is 0 Å². The van der Waals surface area contributed by atoms with E-state index in [9.17, 15) is 14.4 Å². The molecular formula is C52H100O6. The second kappa shape index (κ2) is 43.5. The molecule has 0 aromatic heterocycles. The van der Waals surface area contributed by atoms with Gasteiger partial charge < -0.3 is 14.2 Å². The summed E-state index contributed by atoms with van der Waals surface area (Å²) in [5.74, 6) is 1.68. The molecule has 0 spiro atoms. The predicted molar refractivity (Wildman–Crippen MR) is 247 cm³/mol. The van der Waals surface area contributed by atoms with E-state index < -0.39 is 6.10 Å². The van der Waals surface area contributed by atoms with Crippen molar-refractivity contribution in [3.05, 3.63) is 0 Å². The fraction of sp³-hybridized carbons (Fsp3) is 0.942. The van der Waals surface area contributed by atoms with Gasteiger partial charge in [-0.2, -0.15) is 0 Å². The summed E-state index contributed by atoms with van der Waals surface area (Å²) in [6.45, 7) is 13.7. The molecule has 0 saturated carbocycles. The van der Waals surface area contributed by atoms with Gasteiger partial charge in [0, 0.05) is 19.3 Å². The highest BCUT2D eigenvalue weighted by atomic mass is 16.6. The molecule has 6 nitrogen and oxygen atoms in total. The van der Waals surface area contributed by atoms with Gasteiger partial charge in [0.05, 0.1) is 0 Å². The van der Waals surface area contributed by atoms with Crippen molar-refractivity contribution in [3.8, 4) is 0 Å². The molecule has 0 bridgehead atoms. The van der Waals surface area contributed by atoms with Gasteiger partial charge in [-0.3, -0.25) is 14.4 Å². The summed E-state index contributed by atoms with van der Waals surface area (Å²) >= 11 is 0. The third kappa shape index (κ3) is 42.5. The van der Waals surface area contributed by atoms with Crippen LogP contribution >= 0.6 is 0 Å². The van der Waals surface area contributed by atoms with Gasteiger partial charge in [-0.1, -0.05) is 241 Å². The summed E-state index contributed by atoms with van der Waals surface area (Å²) < 4.78 is 16.8. The molecular weight excluding hydrogens is 721 g/mol. The summed E-state index contributed by atoms with van der Waals surface area (Å²) in [7, 11) is 0. The minimum Gasteiger partial charge on any atom is -0.462 e. The first-order chi connectivity index (χ1) is 28.2. The first-order valence-corrected chi connectivity index (χ1v) is 25.7. The van der Waals surface area contributed by atoms with Crippen LogP contribution < -0.4 is 0 Å². The number of hydrogen-bond acceptors (Lipinski definition) is 6. The van der Waals surface area contributed by atoms with E-state index in [2.05, 4.69) is 41.5 Å². The number of unbranched alkanes of at least 4 members (excludes halogenated alkanes) is 26. The smallest absolute Gasteiger partial charge is 0.306 e. The Morgan fingerprint density at radius 3 is 0.897 bits per heavy atom. The maximum atomic E-state index is 12.8. The van der Waals surface area contributed by atoms with Gasteiger partial charge in [-0.05, 0) is 37.0 Å². The van der Waals surface area contributed by atoms with E-state index in [1.165, 1.54) is 161 Å². The first-order valence-electron chi connectivity index (χ1n) is 25.7. The van der Waals surface area contributed by atoms with Crippen molar-refractivity contribution in [3.63, 3.8) is 0 Å². The molecule has 6 heteroatoms. The molecule has 2 unspecified atom stereocenters. The molecule has 0 aliphatic carbocycles. The third-order valence-corrected chi connectivity index (χ3v) is 12.4. The van der Waals surface area contributed by atoms with E-state index in [1.54, 1.807) is 0 Å². The molecule has 58 heavy (non-hydrogen) atoms. The van der Waals surface area contributed by atoms with Gasteiger partial charge in [0.25, 0.3) is 0 Å². The Kier molecular flexibility index (Phi) is 42.3.